The fraction of sp³-hybridized carbons (Fsp3) is 0.900. The molecule has 2 atom stereocenters. The van der Waals surface area contributed by atoms with E-state index >= 15 is 0 Å². The third-order valence-corrected chi connectivity index (χ3v) is 4.90. The maximum absolute atomic E-state index is 11.9. The van der Waals surface area contributed by atoms with Crippen molar-refractivity contribution < 1.29 is 14.1 Å². The van der Waals surface area contributed by atoms with Gasteiger partial charge in [0.25, 0.3) is 0 Å². The molecule has 88 valence electrons. The van der Waals surface area contributed by atoms with Crippen molar-refractivity contribution in [2.75, 3.05) is 18.8 Å². The SMILES string of the molecule is CC(C)(C)C1CN(C(=O)O)CCCS1=O. The Morgan fingerprint density at radius 3 is 2.53 bits per heavy atom. The molecule has 1 heterocycles. The molecule has 0 bridgehead atoms. The molecular formula is C10H19NO3S. The minimum Gasteiger partial charge on any atom is -0.465 e. The predicted molar refractivity (Wildman–Crippen MR) is 60.5 cm³/mol. The lowest BCUT2D eigenvalue weighted by atomic mass is 9.91. The summed E-state index contributed by atoms with van der Waals surface area (Å²) in [5.74, 6) is 0.617. The summed E-state index contributed by atoms with van der Waals surface area (Å²) in [4.78, 5) is 12.3. The van der Waals surface area contributed by atoms with Crippen molar-refractivity contribution >= 4 is 16.9 Å². The summed E-state index contributed by atoms with van der Waals surface area (Å²) in [6.45, 7) is 6.95. The molecule has 0 aliphatic carbocycles. The van der Waals surface area contributed by atoms with Crippen molar-refractivity contribution in [1.82, 2.24) is 4.90 Å². The summed E-state index contributed by atoms with van der Waals surface area (Å²) in [5, 5.41) is 8.90. The number of carboxylic acid groups (broad SMARTS) is 1. The van der Waals surface area contributed by atoms with Crippen LogP contribution in [0.1, 0.15) is 27.2 Å². The minimum atomic E-state index is -0.907. The average Bonchev–Trinajstić information content (AvgIpc) is 2.25. The van der Waals surface area contributed by atoms with Gasteiger partial charge in [0.1, 0.15) is 0 Å². The largest absolute Gasteiger partial charge is 0.465 e. The Kier molecular flexibility index (Phi) is 3.76. The monoisotopic (exact) mass is 233 g/mol. The number of amides is 1. The summed E-state index contributed by atoms with van der Waals surface area (Å²) >= 11 is 0. The molecule has 0 saturated carbocycles. The van der Waals surface area contributed by atoms with E-state index in [1.807, 2.05) is 20.8 Å². The third kappa shape index (κ3) is 3.19. The fourth-order valence-corrected chi connectivity index (χ4v) is 3.59. The van der Waals surface area contributed by atoms with Gasteiger partial charge in [0.15, 0.2) is 0 Å². The van der Waals surface area contributed by atoms with E-state index in [2.05, 4.69) is 0 Å². The van der Waals surface area contributed by atoms with E-state index in [-0.39, 0.29) is 10.7 Å². The molecule has 1 amide bonds. The molecule has 1 rings (SSSR count). The Morgan fingerprint density at radius 2 is 2.07 bits per heavy atom. The van der Waals surface area contributed by atoms with Gasteiger partial charge >= 0.3 is 6.09 Å². The Hall–Kier alpha value is -0.580. The maximum Gasteiger partial charge on any atom is 0.407 e. The first-order chi connectivity index (χ1) is 6.82. The second-order valence-electron chi connectivity index (χ2n) is 5.02. The number of hydrogen-bond donors (Lipinski definition) is 1. The van der Waals surface area contributed by atoms with Crippen LogP contribution in [0.4, 0.5) is 4.79 Å². The van der Waals surface area contributed by atoms with E-state index in [9.17, 15) is 9.00 Å². The second-order valence-corrected chi connectivity index (χ2v) is 6.76. The summed E-state index contributed by atoms with van der Waals surface area (Å²) < 4.78 is 11.9. The van der Waals surface area contributed by atoms with Gasteiger partial charge in [0, 0.05) is 29.6 Å². The van der Waals surface area contributed by atoms with Crippen molar-refractivity contribution in [3.8, 4) is 0 Å². The topological polar surface area (TPSA) is 57.6 Å². The highest BCUT2D eigenvalue weighted by Gasteiger charge is 2.34. The fourth-order valence-electron chi connectivity index (χ4n) is 1.76. The molecule has 0 aromatic rings. The molecule has 0 radical (unpaired) electrons. The zero-order valence-electron chi connectivity index (χ0n) is 9.52. The van der Waals surface area contributed by atoms with Gasteiger partial charge in [-0.1, -0.05) is 20.8 Å². The lowest BCUT2D eigenvalue weighted by Crippen LogP contribution is -2.42. The average molecular weight is 233 g/mol. The Morgan fingerprint density at radius 1 is 1.47 bits per heavy atom. The highest BCUT2D eigenvalue weighted by molar-refractivity contribution is 7.85. The van der Waals surface area contributed by atoms with Gasteiger partial charge in [-0.05, 0) is 11.8 Å². The van der Waals surface area contributed by atoms with E-state index in [0.29, 0.717) is 25.3 Å². The quantitative estimate of drug-likeness (QED) is 0.690. The molecule has 1 saturated heterocycles. The summed E-state index contributed by atoms with van der Waals surface area (Å²) in [6, 6.07) is 0. The molecule has 1 aliphatic rings. The van der Waals surface area contributed by atoms with Gasteiger partial charge in [-0.2, -0.15) is 0 Å². The molecule has 0 aromatic carbocycles. The van der Waals surface area contributed by atoms with E-state index in [0.717, 1.165) is 0 Å². The van der Waals surface area contributed by atoms with Crippen LogP contribution in [0.25, 0.3) is 0 Å². The van der Waals surface area contributed by atoms with Gasteiger partial charge in [0.2, 0.25) is 0 Å². The van der Waals surface area contributed by atoms with E-state index in [4.69, 9.17) is 5.11 Å². The van der Waals surface area contributed by atoms with Crippen molar-refractivity contribution in [2.45, 2.75) is 32.4 Å². The molecule has 0 aromatic heterocycles. The number of carbonyl (C=O) groups is 1. The van der Waals surface area contributed by atoms with Crippen LogP contribution < -0.4 is 0 Å². The molecule has 0 spiro atoms. The van der Waals surface area contributed by atoms with Gasteiger partial charge in [-0.25, -0.2) is 4.79 Å². The van der Waals surface area contributed by atoms with Gasteiger partial charge in [-0.15, -0.1) is 0 Å². The normalized spacial score (nSPS) is 28.6. The molecule has 1 fully saturated rings. The van der Waals surface area contributed by atoms with Crippen molar-refractivity contribution in [2.24, 2.45) is 5.41 Å². The lowest BCUT2D eigenvalue weighted by Gasteiger charge is -2.31. The predicted octanol–water partition coefficient (Wildman–Crippen LogP) is 1.53. The molecule has 4 nitrogen and oxygen atoms in total. The standard InChI is InChI=1S/C10H19NO3S/c1-10(2,3)8-7-11(9(12)13)5-4-6-15(8)14/h8H,4-7H2,1-3H3,(H,12,13). The molecule has 1 aliphatic heterocycles. The second kappa shape index (κ2) is 4.51. The van der Waals surface area contributed by atoms with Crippen LogP contribution in [0.15, 0.2) is 0 Å². The molecule has 2 unspecified atom stereocenters. The van der Waals surface area contributed by atoms with Crippen LogP contribution in [0.2, 0.25) is 0 Å². The highest BCUT2D eigenvalue weighted by Crippen LogP contribution is 2.27. The Labute approximate surface area is 93.1 Å². The smallest absolute Gasteiger partial charge is 0.407 e. The zero-order chi connectivity index (χ0) is 11.6. The molecule has 15 heavy (non-hydrogen) atoms. The van der Waals surface area contributed by atoms with E-state index in [1.54, 1.807) is 0 Å². The Bertz CT molecular complexity index is 272. The van der Waals surface area contributed by atoms with Gasteiger partial charge in [-0.3, -0.25) is 4.21 Å². The summed E-state index contributed by atoms with van der Waals surface area (Å²) in [7, 11) is -0.907. The summed E-state index contributed by atoms with van der Waals surface area (Å²) in [5.41, 5.74) is -0.108. The number of nitrogens with zero attached hydrogens (tertiary/aromatic N) is 1. The van der Waals surface area contributed by atoms with Crippen molar-refractivity contribution in [3.05, 3.63) is 0 Å². The highest BCUT2D eigenvalue weighted by atomic mass is 32.2. The first-order valence-electron chi connectivity index (χ1n) is 5.17. The minimum absolute atomic E-state index is 0.0592. The van der Waals surface area contributed by atoms with Crippen LogP contribution >= 0.6 is 0 Å². The first kappa shape index (κ1) is 12.5. The van der Waals surface area contributed by atoms with E-state index < -0.39 is 16.9 Å². The lowest BCUT2D eigenvalue weighted by molar-refractivity contribution is 0.141. The van der Waals surface area contributed by atoms with Crippen LogP contribution in [-0.4, -0.2) is 44.4 Å². The summed E-state index contributed by atoms with van der Waals surface area (Å²) in [6.07, 6.45) is -0.200. The molecular weight excluding hydrogens is 214 g/mol. The van der Waals surface area contributed by atoms with Gasteiger partial charge < -0.3 is 10.0 Å². The first-order valence-corrected chi connectivity index (χ1v) is 6.55. The Balaban J connectivity index is 2.83. The van der Waals surface area contributed by atoms with Gasteiger partial charge in [0.05, 0.1) is 5.25 Å². The number of rotatable bonds is 0. The van der Waals surface area contributed by atoms with Crippen molar-refractivity contribution in [3.63, 3.8) is 0 Å². The third-order valence-electron chi connectivity index (χ3n) is 2.71. The maximum atomic E-state index is 11.9. The van der Waals surface area contributed by atoms with Crippen LogP contribution in [0.5, 0.6) is 0 Å². The van der Waals surface area contributed by atoms with Crippen LogP contribution in [0.3, 0.4) is 0 Å². The van der Waals surface area contributed by atoms with Crippen LogP contribution in [-0.2, 0) is 10.8 Å². The zero-order valence-corrected chi connectivity index (χ0v) is 10.3. The van der Waals surface area contributed by atoms with E-state index in [1.165, 1.54) is 4.90 Å². The molecule has 5 heteroatoms. The number of hydrogen-bond acceptors (Lipinski definition) is 2. The van der Waals surface area contributed by atoms with Crippen molar-refractivity contribution in [1.29, 1.82) is 0 Å². The van der Waals surface area contributed by atoms with Crippen LogP contribution in [0, 0.1) is 5.41 Å². The molecule has 1 N–H and O–H groups in total.